The van der Waals surface area contributed by atoms with Crippen LogP contribution in [0.2, 0.25) is 0 Å². The van der Waals surface area contributed by atoms with E-state index in [1.165, 1.54) is 0 Å². The number of amides is 2. The molecule has 0 saturated heterocycles. The van der Waals surface area contributed by atoms with Crippen molar-refractivity contribution in [1.29, 1.82) is 0 Å². The second-order valence-electron chi connectivity index (χ2n) is 6.42. The van der Waals surface area contributed by atoms with E-state index in [0.717, 1.165) is 22.5 Å². The Morgan fingerprint density at radius 3 is 1.76 bits per heavy atom. The summed E-state index contributed by atoms with van der Waals surface area (Å²) in [6, 6.07) is 7.65. The van der Waals surface area contributed by atoms with Gasteiger partial charge in [0.05, 0.1) is 36.3 Å². The van der Waals surface area contributed by atoms with E-state index >= 15 is 0 Å². The molecule has 1 fully saturated rings. The molecule has 1 saturated carbocycles. The van der Waals surface area contributed by atoms with Crippen molar-refractivity contribution in [2.24, 2.45) is 11.8 Å². The van der Waals surface area contributed by atoms with Crippen LogP contribution in [0.5, 0.6) is 0 Å². The summed E-state index contributed by atoms with van der Waals surface area (Å²) in [7, 11) is 0. The zero-order chi connectivity index (χ0) is 17.8. The van der Waals surface area contributed by atoms with Crippen molar-refractivity contribution in [3.63, 3.8) is 0 Å². The monoisotopic (exact) mass is 338 g/mol. The molecular formula is C19H22N4O2. The molecule has 0 aliphatic heterocycles. The number of carbonyl (C=O) groups excluding carboxylic acids is 2. The number of aromatic nitrogens is 2. The largest absolute Gasteiger partial charge is 0.350 e. The van der Waals surface area contributed by atoms with Crippen molar-refractivity contribution in [3.8, 4) is 0 Å². The van der Waals surface area contributed by atoms with Gasteiger partial charge in [-0.1, -0.05) is 12.1 Å². The predicted molar refractivity (Wildman–Crippen MR) is 93.2 cm³/mol. The minimum atomic E-state index is -0.242. The molecule has 3 rings (SSSR count). The quantitative estimate of drug-likeness (QED) is 0.839. The summed E-state index contributed by atoms with van der Waals surface area (Å²) < 4.78 is 0. The molecule has 130 valence electrons. The fraction of sp³-hybridized carbons (Fsp3) is 0.368. The summed E-state index contributed by atoms with van der Waals surface area (Å²) in [5, 5.41) is 5.75. The molecular weight excluding hydrogens is 316 g/mol. The predicted octanol–water partition coefficient (Wildman–Crippen LogP) is 1.66. The topological polar surface area (TPSA) is 84.0 Å². The van der Waals surface area contributed by atoms with E-state index in [9.17, 15) is 9.59 Å². The fourth-order valence-corrected chi connectivity index (χ4v) is 2.79. The highest BCUT2D eigenvalue weighted by Gasteiger charge is 2.47. The SMILES string of the molecule is Cc1cccnc1CNC(=O)[C@@H]1C[C@H]1C(=O)NCc1ncccc1C. The van der Waals surface area contributed by atoms with Crippen molar-refractivity contribution in [2.75, 3.05) is 0 Å². The number of pyridine rings is 2. The van der Waals surface area contributed by atoms with Crippen LogP contribution in [-0.2, 0) is 22.7 Å². The molecule has 25 heavy (non-hydrogen) atoms. The Hall–Kier alpha value is -2.76. The Morgan fingerprint density at radius 2 is 1.36 bits per heavy atom. The van der Waals surface area contributed by atoms with Gasteiger partial charge in [-0.05, 0) is 43.5 Å². The number of aryl methyl sites for hydroxylation is 2. The Kier molecular flexibility index (Phi) is 5.07. The Labute approximate surface area is 147 Å². The lowest BCUT2D eigenvalue weighted by Crippen LogP contribution is -2.30. The first-order chi connectivity index (χ1) is 12.1. The molecule has 2 heterocycles. The third kappa shape index (κ3) is 4.21. The zero-order valence-electron chi connectivity index (χ0n) is 14.5. The first-order valence-electron chi connectivity index (χ1n) is 8.42. The van der Waals surface area contributed by atoms with E-state index in [1.54, 1.807) is 12.4 Å². The van der Waals surface area contributed by atoms with E-state index < -0.39 is 0 Å². The summed E-state index contributed by atoms with van der Waals surface area (Å²) in [5.41, 5.74) is 3.78. The van der Waals surface area contributed by atoms with Crippen molar-refractivity contribution in [1.82, 2.24) is 20.6 Å². The van der Waals surface area contributed by atoms with E-state index in [1.807, 2.05) is 38.1 Å². The molecule has 0 unspecified atom stereocenters. The Balaban J connectivity index is 1.45. The van der Waals surface area contributed by atoms with Crippen molar-refractivity contribution in [3.05, 3.63) is 59.2 Å². The van der Waals surface area contributed by atoms with Crippen LogP contribution in [0.4, 0.5) is 0 Å². The normalized spacial score (nSPS) is 18.5. The van der Waals surface area contributed by atoms with Crippen LogP contribution in [0.25, 0.3) is 0 Å². The summed E-state index contributed by atoms with van der Waals surface area (Å²) in [6.07, 6.45) is 4.02. The number of carbonyl (C=O) groups is 2. The van der Waals surface area contributed by atoms with Crippen LogP contribution in [0.3, 0.4) is 0 Å². The maximum Gasteiger partial charge on any atom is 0.224 e. The second-order valence-corrected chi connectivity index (χ2v) is 6.42. The van der Waals surface area contributed by atoms with Crippen LogP contribution in [-0.4, -0.2) is 21.8 Å². The standard InChI is InChI=1S/C19H22N4O2/c1-12-5-3-7-20-16(12)10-22-18(24)14-9-15(14)19(25)23-11-17-13(2)6-4-8-21-17/h3-8,14-15H,9-11H2,1-2H3,(H,22,24)(H,23,25)/t14-,15-/m1/s1. The summed E-state index contributed by atoms with van der Waals surface area (Å²) >= 11 is 0. The molecule has 2 aromatic heterocycles. The third-order valence-corrected chi connectivity index (χ3v) is 4.56. The smallest absolute Gasteiger partial charge is 0.224 e. The van der Waals surface area contributed by atoms with Gasteiger partial charge < -0.3 is 10.6 Å². The van der Waals surface area contributed by atoms with Gasteiger partial charge in [0.15, 0.2) is 0 Å². The van der Waals surface area contributed by atoms with E-state index in [0.29, 0.717) is 19.5 Å². The molecule has 1 aliphatic rings. The molecule has 2 N–H and O–H groups in total. The van der Waals surface area contributed by atoms with E-state index in [-0.39, 0.29) is 23.7 Å². The van der Waals surface area contributed by atoms with Crippen LogP contribution in [0.1, 0.15) is 28.9 Å². The van der Waals surface area contributed by atoms with Crippen LogP contribution >= 0.6 is 0 Å². The van der Waals surface area contributed by atoms with Gasteiger partial charge >= 0.3 is 0 Å². The molecule has 0 bridgehead atoms. The second kappa shape index (κ2) is 7.42. The maximum atomic E-state index is 12.2. The molecule has 6 nitrogen and oxygen atoms in total. The highest BCUT2D eigenvalue weighted by molar-refractivity contribution is 5.92. The van der Waals surface area contributed by atoms with Crippen LogP contribution in [0.15, 0.2) is 36.7 Å². The van der Waals surface area contributed by atoms with Crippen molar-refractivity contribution < 1.29 is 9.59 Å². The van der Waals surface area contributed by atoms with Crippen LogP contribution in [0, 0.1) is 25.7 Å². The molecule has 0 aromatic carbocycles. The van der Waals surface area contributed by atoms with Gasteiger partial charge in [-0.2, -0.15) is 0 Å². The first-order valence-corrected chi connectivity index (χ1v) is 8.42. The maximum absolute atomic E-state index is 12.2. The van der Waals surface area contributed by atoms with Crippen LogP contribution < -0.4 is 10.6 Å². The highest BCUT2D eigenvalue weighted by atomic mass is 16.2. The Morgan fingerprint density at radius 1 is 0.920 bits per heavy atom. The minimum Gasteiger partial charge on any atom is -0.350 e. The minimum absolute atomic E-state index is 0.0841. The number of hydrogen-bond acceptors (Lipinski definition) is 4. The lowest BCUT2D eigenvalue weighted by molar-refractivity contribution is -0.127. The molecule has 1 aliphatic carbocycles. The van der Waals surface area contributed by atoms with Gasteiger partial charge in [-0.3, -0.25) is 19.6 Å². The highest BCUT2D eigenvalue weighted by Crippen LogP contribution is 2.38. The number of rotatable bonds is 6. The van der Waals surface area contributed by atoms with Gasteiger partial charge in [0, 0.05) is 12.4 Å². The number of nitrogens with zero attached hydrogens (tertiary/aromatic N) is 2. The van der Waals surface area contributed by atoms with E-state index in [2.05, 4.69) is 20.6 Å². The molecule has 2 amide bonds. The molecule has 6 heteroatoms. The van der Waals surface area contributed by atoms with E-state index in [4.69, 9.17) is 0 Å². The van der Waals surface area contributed by atoms with Gasteiger partial charge in [0.2, 0.25) is 11.8 Å². The lowest BCUT2D eigenvalue weighted by atomic mass is 10.2. The molecule has 2 atom stereocenters. The third-order valence-electron chi connectivity index (χ3n) is 4.56. The Bertz CT molecular complexity index is 725. The number of nitrogens with one attached hydrogen (secondary N) is 2. The molecule has 0 radical (unpaired) electrons. The van der Waals surface area contributed by atoms with Gasteiger partial charge in [0.1, 0.15) is 0 Å². The number of hydrogen-bond donors (Lipinski definition) is 2. The molecule has 2 aromatic rings. The van der Waals surface area contributed by atoms with Crippen molar-refractivity contribution >= 4 is 11.8 Å². The van der Waals surface area contributed by atoms with Crippen molar-refractivity contribution in [2.45, 2.75) is 33.4 Å². The summed E-state index contributed by atoms with van der Waals surface area (Å²) in [5.74, 6) is -0.652. The van der Waals surface area contributed by atoms with Gasteiger partial charge in [-0.15, -0.1) is 0 Å². The van der Waals surface area contributed by atoms with Gasteiger partial charge in [-0.25, -0.2) is 0 Å². The average molecular weight is 338 g/mol. The molecule has 0 spiro atoms. The average Bonchev–Trinajstić information content (AvgIpc) is 3.41. The van der Waals surface area contributed by atoms with Gasteiger partial charge in [0.25, 0.3) is 0 Å². The summed E-state index contributed by atoms with van der Waals surface area (Å²) in [4.78, 5) is 32.9. The lowest BCUT2D eigenvalue weighted by Gasteiger charge is -2.08. The summed E-state index contributed by atoms with van der Waals surface area (Å²) in [6.45, 7) is 4.70. The fourth-order valence-electron chi connectivity index (χ4n) is 2.79. The zero-order valence-corrected chi connectivity index (χ0v) is 14.5. The first kappa shape index (κ1) is 17.1.